The molecule has 1 aliphatic rings. The first-order valence-electron chi connectivity index (χ1n) is 8.37. The summed E-state index contributed by atoms with van der Waals surface area (Å²) in [6.45, 7) is 6.00. The molecule has 1 aromatic heterocycles. The standard InChI is InChI=1S/C18H23N3O4/c1-12(2)21-14(7-8-19-21)9-20-10-16(22)17(11-20)25-15-5-3-13(4-6-15)18(23)24/h3-8,12,16-17,22H,9-11H2,1-2H3,(H,23,24)/t16-,17-/m1/s1. The van der Waals surface area contributed by atoms with Crippen molar-refractivity contribution in [2.45, 2.75) is 38.6 Å². The van der Waals surface area contributed by atoms with Gasteiger partial charge in [-0.2, -0.15) is 5.10 Å². The van der Waals surface area contributed by atoms with Gasteiger partial charge in [0.05, 0.1) is 11.3 Å². The van der Waals surface area contributed by atoms with Gasteiger partial charge in [-0.3, -0.25) is 9.58 Å². The summed E-state index contributed by atoms with van der Waals surface area (Å²) in [5.41, 5.74) is 1.32. The molecular formula is C18H23N3O4. The number of ether oxygens (including phenoxy) is 1. The first kappa shape index (κ1) is 17.4. The molecule has 7 nitrogen and oxygen atoms in total. The Bertz CT molecular complexity index is 726. The van der Waals surface area contributed by atoms with E-state index in [0.29, 0.717) is 25.4 Å². The van der Waals surface area contributed by atoms with Crippen molar-refractivity contribution in [2.24, 2.45) is 0 Å². The number of aromatic nitrogens is 2. The number of carboxylic acids is 1. The number of nitrogens with zero attached hydrogens (tertiary/aromatic N) is 3. The van der Waals surface area contributed by atoms with Gasteiger partial charge in [0.25, 0.3) is 0 Å². The summed E-state index contributed by atoms with van der Waals surface area (Å²) in [6, 6.07) is 8.51. The molecule has 1 aliphatic heterocycles. The molecule has 1 fully saturated rings. The number of aliphatic hydroxyl groups is 1. The van der Waals surface area contributed by atoms with Crippen LogP contribution in [-0.2, 0) is 6.54 Å². The number of rotatable bonds is 6. The van der Waals surface area contributed by atoms with E-state index in [1.54, 1.807) is 18.3 Å². The topological polar surface area (TPSA) is 87.8 Å². The van der Waals surface area contributed by atoms with Crippen LogP contribution in [0.2, 0.25) is 0 Å². The molecule has 7 heteroatoms. The van der Waals surface area contributed by atoms with Gasteiger partial charge in [0, 0.05) is 31.9 Å². The zero-order valence-corrected chi connectivity index (χ0v) is 14.4. The minimum absolute atomic E-state index is 0.211. The summed E-state index contributed by atoms with van der Waals surface area (Å²) < 4.78 is 7.82. The summed E-state index contributed by atoms with van der Waals surface area (Å²) in [4.78, 5) is 13.0. The largest absolute Gasteiger partial charge is 0.486 e. The van der Waals surface area contributed by atoms with E-state index in [0.717, 1.165) is 5.69 Å². The third kappa shape index (κ3) is 4.00. The second kappa shape index (κ2) is 7.25. The molecule has 0 radical (unpaired) electrons. The average molecular weight is 345 g/mol. The lowest BCUT2D eigenvalue weighted by molar-refractivity contribution is 0.0693. The van der Waals surface area contributed by atoms with E-state index in [9.17, 15) is 9.90 Å². The molecular weight excluding hydrogens is 322 g/mol. The van der Waals surface area contributed by atoms with Gasteiger partial charge < -0.3 is 14.9 Å². The van der Waals surface area contributed by atoms with Gasteiger partial charge in [-0.1, -0.05) is 0 Å². The summed E-state index contributed by atoms with van der Waals surface area (Å²) in [6.07, 6.45) is 0.862. The van der Waals surface area contributed by atoms with Crippen molar-refractivity contribution in [3.63, 3.8) is 0 Å². The molecule has 0 aliphatic carbocycles. The predicted molar refractivity (Wildman–Crippen MR) is 91.7 cm³/mol. The number of hydrogen-bond acceptors (Lipinski definition) is 5. The van der Waals surface area contributed by atoms with E-state index < -0.39 is 12.1 Å². The smallest absolute Gasteiger partial charge is 0.335 e. The fourth-order valence-corrected chi connectivity index (χ4v) is 3.09. The van der Waals surface area contributed by atoms with Crippen molar-refractivity contribution in [1.29, 1.82) is 0 Å². The van der Waals surface area contributed by atoms with Crippen LogP contribution < -0.4 is 4.74 Å². The number of aliphatic hydroxyl groups excluding tert-OH is 1. The van der Waals surface area contributed by atoms with Gasteiger partial charge >= 0.3 is 5.97 Å². The van der Waals surface area contributed by atoms with Crippen LogP contribution in [0.3, 0.4) is 0 Å². The lowest BCUT2D eigenvalue weighted by Crippen LogP contribution is -2.30. The second-order valence-electron chi connectivity index (χ2n) is 6.61. The van der Waals surface area contributed by atoms with Crippen molar-refractivity contribution in [3.05, 3.63) is 47.8 Å². The van der Waals surface area contributed by atoms with Gasteiger partial charge in [0.15, 0.2) is 0 Å². The monoisotopic (exact) mass is 345 g/mol. The third-order valence-corrected chi connectivity index (χ3v) is 4.33. The fourth-order valence-electron chi connectivity index (χ4n) is 3.09. The normalized spacial score (nSPS) is 21.0. The number of hydrogen-bond donors (Lipinski definition) is 2. The van der Waals surface area contributed by atoms with Gasteiger partial charge in [-0.15, -0.1) is 0 Å². The van der Waals surface area contributed by atoms with Crippen molar-refractivity contribution in [3.8, 4) is 5.75 Å². The molecule has 2 aromatic rings. The highest BCUT2D eigenvalue weighted by atomic mass is 16.5. The van der Waals surface area contributed by atoms with Crippen LogP contribution in [0.4, 0.5) is 0 Å². The Balaban J connectivity index is 1.61. The highest BCUT2D eigenvalue weighted by Crippen LogP contribution is 2.21. The van der Waals surface area contributed by atoms with Crippen molar-refractivity contribution < 1.29 is 19.7 Å². The van der Waals surface area contributed by atoms with Crippen LogP contribution in [0.15, 0.2) is 36.5 Å². The molecule has 0 unspecified atom stereocenters. The van der Waals surface area contributed by atoms with Crippen LogP contribution in [-0.4, -0.2) is 56.2 Å². The molecule has 2 atom stereocenters. The first-order chi connectivity index (χ1) is 11.9. The van der Waals surface area contributed by atoms with Crippen molar-refractivity contribution in [1.82, 2.24) is 14.7 Å². The Morgan fingerprint density at radius 3 is 2.64 bits per heavy atom. The Morgan fingerprint density at radius 1 is 1.28 bits per heavy atom. The lowest BCUT2D eigenvalue weighted by atomic mass is 10.2. The highest BCUT2D eigenvalue weighted by Gasteiger charge is 2.33. The van der Waals surface area contributed by atoms with Crippen LogP contribution in [0.5, 0.6) is 5.75 Å². The molecule has 25 heavy (non-hydrogen) atoms. The number of benzene rings is 1. The quantitative estimate of drug-likeness (QED) is 0.830. The summed E-state index contributed by atoms with van der Waals surface area (Å²) in [7, 11) is 0. The molecule has 134 valence electrons. The zero-order chi connectivity index (χ0) is 18.0. The second-order valence-corrected chi connectivity index (χ2v) is 6.61. The Kier molecular flexibility index (Phi) is 5.06. The summed E-state index contributed by atoms with van der Waals surface area (Å²) >= 11 is 0. The molecule has 3 rings (SSSR count). The Hall–Kier alpha value is -2.38. The molecule has 1 aromatic carbocycles. The zero-order valence-electron chi connectivity index (χ0n) is 14.4. The van der Waals surface area contributed by atoms with Gasteiger partial charge in [0.1, 0.15) is 18.0 Å². The predicted octanol–water partition coefficient (Wildman–Crippen LogP) is 1.79. The summed E-state index contributed by atoms with van der Waals surface area (Å²) in [5.74, 6) is -0.413. The van der Waals surface area contributed by atoms with Crippen LogP contribution in [0, 0.1) is 0 Å². The maximum Gasteiger partial charge on any atom is 0.335 e. The van der Waals surface area contributed by atoms with Gasteiger partial charge in [-0.05, 0) is 44.2 Å². The highest BCUT2D eigenvalue weighted by molar-refractivity contribution is 5.87. The van der Waals surface area contributed by atoms with E-state index in [-0.39, 0.29) is 17.7 Å². The maximum absolute atomic E-state index is 10.9. The fraction of sp³-hybridized carbons (Fsp3) is 0.444. The van der Waals surface area contributed by atoms with Crippen molar-refractivity contribution in [2.75, 3.05) is 13.1 Å². The molecule has 0 saturated carbocycles. The van der Waals surface area contributed by atoms with E-state index in [4.69, 9.17) is 9.84 Å². The third-order valence-electron chi connectivity index (χ3n) is 4.33. The molecule has 0 bridgehead atoms. The Morgan fingerprint density at radius 2 is 2.00 bits per heavy atom. The number of aromatic carboxylic acids is 1. The molecule has 0 amide bonds. The molecule has 2 N–H and O–H groups in total. The van der Waals surface area contributed by atoms with Gasteiger partial charge in [-0.25, -0.2) is 4.79 Å². The van der Waals surface area contributed by atoms with Gasteiger partial charge in [0.2, 0.25) is 0 Å². The first-order valence-corrected chi connectivity index (χ1v) is 8.37. The van der Waals surface area contributed by atoms with Crippen molar-refractivity contribution >= 4 is 5.97 Å². The number of β-amino-alcohol motifs (C(OH)–C–C–N with tert-alkyl or cyclic N) is 1. The minimum Gasteiger partial charge on any atom is -0.486 e. The van der Waals surface area contributed by atoms with Crippen LogP contribution in [0.1, 0.15) is 35.9 Å². The Labute approximate surface area is 146 Å². The van der Waals surface area contributed by atoms with E-state index in [1.165, 1.54) is 12.1 Å². The van der Waals surface area contributed by atoms with Crippen LogP contribution in [0.25, 0.3) is 0 Å². The minimum atomic E-state index is -0.972. The molecule has 2 heterocycles. The van der Waals surface area contributed by atoms with E-state index in [2.05, 4.69) is 23.8 Å². The summed E-state index contributed by atoms with van der Waals surface area (Å²) in [5, 5.41) is 23.5. The van der Waals surface area contributed by atoms with E-state index in [1.807, 2.05) is 10.7 Å². The number of likely N-dealkylation sites (tertiary alicyclic amines) is 1. The number of carbonyl (C=O) groups is 1. The number of carboxylic acid groups (broad SMARTS) is 1. The maximum atomic E-state index is 10.9. The molecule has 0 spiro atoms. The van der Waals surface area contributed by atoms with E-state index >= 15 is 0 Å². The van der Waals surface area contributed by atoms with Crippen LogP contribution >= 0.6 is 0 Å². The molecule has 1 saturated heterocycles. The SMILES string of the molecule is CC(C)n1nccc1CN1C[C@@H](O)[C@H](Oc2ccc(C(=O)O)cc2)C1. The lowest BCUT2D eigenvalue weighted by Gasteiger charge is -2.18. The average Bonchev–Trinajstić information content (AvgIpc) is 3.15.